The van der Waals surface area contributed by atoms with Gasteiger partial charge in [-0.1, -0.05) is 13.3 Å². The van der Waals surface area contributed by atoms with Gasteiger partial charge in [0.1, 0.15) is 0 Å². The lowest BCUT2D eigenvalue weighted by Gasteiger charge is -2.26. The van der Waals surface area contributed by atoms with E-state index in [-0.39, 0.29) is 12.1 Å². The monoisotopic (exact) mass is 246 g/mol. The van der Waals surface area contributed by atoms with Crippen molar-refractivity contribution < 1.29 is 8.42 Å². The molecule has 1 N–H and O–H groups in total. The number of rotatable bonds is 4. The second-order valence-corrected chi connectivity index (χ2v) is 7.06. The fourth-order valence-corrected chi connectivity index (χ4v) is 5.20. The molecule has 2 heterocycles. The van der Waals surface area contributed by atoms with E-state index in [0.717, 1.165) is 32.4 Å². The summed E-state index contributed by atoms with van der Waals surface area (Å²) in [6, 6.07) is 0.413. The van der Waals surface area contributed by atoms with Crippen molar-refractivity contribution in [1.82, 2.24) is 9.62 Å². The summed E-state index contributed by atoms with van der Waals surface area (Å²) in [4.78, 5) is 0. The van der Waals surface area contributed by atoms with E-state index in [1.165, 1.54) is 0 Å². The number of sulfonamides is 1. The molecule has 0 aromatic carbocycles. The maximum atomic E-state index is 12.2. The van der Waals surface area contributed by atoms with E-state index >= 15 is 0 Å². The molecule has 5 heteroatoms. The average Bonchev–Trinajstić information content (AvgIpc) is 2.73. The molecular weight excluding hydrogens is 224 g/mol. The molecule has 0 saturated carbocycles. The van der Waals surface area contributed by atoms with Crippen LogP contribution < -0.4 is 5.32 Å². The van der Waals surface area contributed by atoms with Crippen LogP contribution >= 0.6 is 0 Å². The predicted molar refractivity (Wildman–Crippen MR) is 64.8 cm³/mol. The minimum atomic E-state index is -3.03. The third-order valence-corrected chi connectivity index (χ3v) is 5.86. The van der Waals surface area contributed by atoms with Crippen molar-refractivity contribution in [3.63, 3.8) is 0 Å². The van der Waals surface area contributed by atoms with Crippen LogP contribution in [0.1, 0.15) is 33.1 Å². The zero-order valence-electron chi connectivity index (χ0n) is 10.1. The summed E-state index contributed by atoms with van der Waals surface area (Å²) in [6.45, 7) is 5.89. The van der Waals surface area contributed by atoms with Crippen LogP contribution in [-0.4, -0.2) is 43.6 Å². The zero-order chi connectivity index (χ0) is 11.8. The highest BCUT2D eigenvalue weighted by atomic mass is 32.2. The number of hydrogen-bond donors (Lipinski definition) is 1. The van der Waals surface area contributed by atoms with Crippen molar-refractivity contribution in [1.29, 1.82) is 0 Å². The van der Waals surface area contributed by atoms with Crippen LogP contribution in [0.2, 0.25) is 0 Å². The summed E-state index contributed by atoms with van der Waals surface area (Å²) in [6.07, 6.45) is 2.73. The summed E-state index contributed by atoms with van der Waals surface area (Å²) in [5.41, 5.74) is 0. The highest BCUT2D eigenvalue weighted by Gasteiger charge is 2.46. The highest BCUT2D eigenvalue weighted by molar-refractivity contribution is 7.89. The smallest absolute Gasteiger partial charge is 0.214 e. The van der Waals surface area contributed by atoms with Crippen molar-refractivity contribution in [2.45, 2.75) is 45.2 Å². The molecule has 0 amide bonds. The lowest BCUT2D eigenvalue weighted by molar-refractivity contribution is 0.335. The summed E-state index contributed by atoms with van der Waals surface area (Å²) in [5.74, 6) is 0.850. The predicted octanol–water partition coefficient (Wildman–Crippen LogP) is 0.798. The van der Waals surface area contributed by atoms with E-state index in [1.54, 1.807) is 4.31 Å². The molecule has 0 spiro atoms. The van der Waals surface area contributed by atoms with Crippen molar-refractivity contribution in [2.75, 3.05) is 18.8 Å². The third kappa shape index (κ3) is 2.13. The fourth-order valence-electron chi connectivity index (χ4n) is 3.04. The second-order valence-electron chi connectivity index (χ2n) is 5.07. The minimum absolute atomic E-state index is 0.193. The Morgan fingerprint density at radius 2 is 2.12 bits per heavy atom. The van der Waals surface area contributed by atoms with E-state index in [4.69, 9.17) is 0 Å². The van der Waals surface area contributed by atoms with Gasteiger partial charge in [0, 0.05) is 18.6 Å². The maximum absolute atomic E-state index is 12.2. The first-order chi connectivity index (χ1) is 7.56. The Labute approximate surface area is 98.4 Å². The topological polar surface area (TPSA) is 49.4 Å². The number of hydrogen-bond acceptors (Lipinski definition) is 3. The van der Waals surface area contributed by atoms with Crippen LogP contribution in [0.3, 0.4) is 0 Å². The molecule has 16 heavy (non-hydrogen) atoms. The van der Waals surface area contributed by atoms with Gasteiger partial charge < -0.3 is 5.32 Å². The Balaban J connectivity index is 2.12. The number of nitrogens with zero attached hydrogens (tertiary/aromatic N) is 1. The summed E-state index contributed by atoms with van der Waals surface area (Å²) in [5, 5.41) is 3.30. The largest absolute Gasteiger partial charge is 0.315 e. The van der Waals surface area contributed by atoms with Crippen LogP contribution in [0.25, 0.3) is 0 Å². The van der Waals surface area contributed by atoms with E-state index in [1.807, 2.05) is 13.8 Å². The van der Waals surface area contributed by atoms with Gasteiger partial charge in [-0.2, -0.15) is 4.31 Å². The van der Waals surface area contributed by atoms with Gasteiger partial charge in [0.2, 0.25) is 10.0 Å². The van der Waals surface area contributed by atoms with E-state index in [2.05, 4.69) is 5.32 Å². The molecule has 0 bridgehead atoms. The summed E-state index contributed by atoms with van der Waals surface area (Å²) in [7, 11) is -3.03. The molecule has 2 aliphatic rings. The van der Waals surface area contributed by atoms with Gasteiger partial charge in [-0.05, 0) is 32.2 Å². The molecule has 0 aromatic heterocycles. The first-order valence-electron chi connectivity index (χ1n) is 6.28. The Morgan fingerprint density at radius 1 is 1.38 bits per heavy atom. The van der Waals surface area contributed by atoms with Crippen LogP contribution in [0, 0.1) is 5.92 Å². The first-order valence-corrected chi connectivity index (χ1v) is 7.89. The average molecular weight is 246 g/mol. The van der Waals surface area contributed by atoms with Gasteiger partial charge >= 0.3 is 0 Å². The highest BCUT2D eigenvalue weighted by Crippen LogP contribution is 2.34. The molecule has 0 radical (unpaired) electrons. The molecule has 3 atom stereocenters. The third-order valence-electron chi connectivity index (χ3n) is 3.79. The van der Waals surface area contributed by atoms with Gasteiger partial charge in [0.05, 0.1) is 5.75 Å². The maximum Gasteiger partial charge on any atom is 0.214 e. The van der Waals surface area contributed by atoms with Crippen LogP contribution in [0.4, 0.5) is 0 Å². The van der Waals surface area contributed by atoms with E-state index in [9.17, 15) is 8.42 Å². The van der Waals surface area contributed by atoms with Crippen molar-refractivity contribution in [3.05, 3.63) is 0 Å². The molecule has 0 aromatic rings. The second kappa shape index (κ2) is 4.63. The molecule has 2 fully saturated rings. The van der Waals surface area contributed by atoms with Gasteiger partial charge in [0.15, 0.2) is 0 Å². The zero-order valence-corrected chi connectivity index (χ0v) is 11.0. The van der Waals surface area contributed by atoms with E-state index in [0.29, 0.717) is 11.7 Å². The molecular formula is C11H22N2O2S. The molecule has 94 valence electrons. The standard InChI is InChI=1S/C11H22N2O2S/c1-3-4-5-16(14,15)13-9(2)6-10-7-12-8-11(10)13/h9-12H,3-8H2,1-2H3. The molecule has 0 aliphatic carbocycles. The lowest BCUT2D eigenvalue weighted by Crippen LogP contribution is -2.43. The molecule has 2 aliphatic heterocycles. The van der Waals surface area contributed by atoms with Gasteiger partial charge in [-0.25, -0.2) is 8.42 Å². The molecule has 2 saturated heterocycles. The van der Waals surface area contributed by atoms with Crippen molar-refractivity contribution >= 4 is 10.0 Å². The summed E-state index contributed by atoms with van der Waals surface area (Å²) < 4.78 is 26.3. The fraction of sp³-hybridized carbons (Fsp3) is 1.00. The van der Waals surface area contributed by atoms with Crippen molar-refractivity contribution in [2.24, 2.45) is 5.92 Å². The Morgan fingerprint density at radius 3 is 2.81 bits per heavy atom. The van der Waals surface area contributed by atoms with Crippen LogP contribution in [-0.2, 0) is 10.0 Å². The van der Waals surface area contributed by atoms with Crippen LogP contribution in [0.5, 0.6) is 0 Å². The summed E-state index contributed by atoms with van der Waals surface area (Å²) >= 11 is 0. The quantitative estimate of drug-likeness (QED) is 0.798. The minimum Gasteiger partial charge on any atom is -0.315 e. The Bertz CT molecular complexity index is 342. The number of unbranched alkanes of at least 4 members (excludes halogenated alkanes) is 1. The van der Waals surface area contributed by atoms with Crippen LogP contribution in [0.15, 0.2) is 0 Å². The molecule has 4 nitrogen and oxygen atoms in total. The van der Waals surface area contributed by atoms with E-state index < -0.39 is 10.0 Å². The normalized spacial score (nSPS) is 35.5. The number of fused-ring (bicyclic) bond motifs is 1. The van der Waals surface area contributed by atoms with Gasteiger partial charge in [-0.3, -0.25) is 0 Å². The molecule has 2 rings (SSSR count). The van der Waals surface area contributed by atoms with Gasteiger partial charge in [-0.15, -0.1) is 0 Å². The SMILES string of the molecule is CCCCS(=O)(=O)N1C(C)CC2CNCC21. The Kier molecular flexibility index (Phi) is 3.56. The Hall–Kier alpha value is -0.130. The first kappa shape index (κ1) is 12.3. The van der Waals surface area contributed by atoms with Crippen molar-refractivity contribution in [3.8, 4) is 0 Å². The molecule has 3 unspecified atom stereocenters. The van der Waals surface area contributed by atoms with Gasteiger partial charge in [0.25, 0.3) is 0 Å². The number of nitrogens with one attached hydrogen (secondary N) is 1. The lowest BCUT2D eigenvalue weighted by atomic mass is 10.0.